The van der Waals surface area contributed by atoms with E-state index >= 15 is 0 Å². The Bertz CT molecular complexity index is 835. The van der Waals surface area contributed by atoms with Crippen LogP contribution < -0.4 is 0 Å². The first kappa shape index (κ1) is 12.4. The van der Waals surface area contributed by atoms with E-state index in [4.69, 9.17) is 23.8 Å². The number of nitrogens with one attached hydrogen (secondary N) is 1. The molecular weight excluding hydrogens is 283 g/mol. The third-order valence-electron chi connectivity index (χ3n) is 3.00. The molecule has 1 heterocycles. The number of hydrogen-bond acceptors (Lipinski definition) is 1. The summed E-state index contributed by atoms with van der Waals surface area (Å²) >= 11 is 11.5. The normalized spacial score (nSPS) is 11.1. The molecule has 2 aromatic carbocycles. The van der Waals surface area contributed by atoms with E-state index in [0.717, 1.165) is 11.1 Å². The van der Waals surface area contributed by atoms with Crippen LogP contribution in [0.25, 0.3) is 16.7 Å². The van der Waals surface area contributed by atoms with Crippen molar-refractivity contribution in [2.75, 3.05) is 0 Å². The van der Waals surface area contributed by atoms with Crippen LogP contribution in [0.15, 0.2) is 36.4 Å². The second-order valence-corrected chi connectivity index (χ2v) is 5.15. The number of aryl methyl sites for hydroxylation is 1. The van der Waals surface area contributed by atoms with Crippen molar-refractivity contribution in [1.82, 2.24) is 9.55 Å². The van der Waals surface area contributed by atoms with Gasteiger partial charge in [0, 0.05) is 0 Å². The van der Waals surface area contributed by atoms with Gasteiger partial charge in [-0.05, 0) is 49.0 Å². The molecule has 1 aromatic heterocycles. The summed E-state index contributed by atoms with van der Waals surface area (Å²) in [5.41, 5.74) is 2.85. The van der Waals surface area contributed by atoms with Crippen molar-refractivity contribution in [1.29, 1.82) is 0 Å². The molecule has 0 spiro atoms. The predicted octanol–water partition coefficient (Wildman–Crippen LogP) is 4.79. The van der Waals surface area contributed by atoms with Gasteiger partial charge in [-0.25, -0.2) is 4.39 Å². The monoisotopic (exact) mass is 292 g/mol. The first-order valence-corrected chi connectivity index (χ1v) is 6.52. The fraction of sp³-hybridized carbons (Fsp3) is 0.0714. The van der Waals surface area contributed by atoms with Crippen molar-refractivity contribution in [3.05, 3.63) is 57.6 Å². The molecule has 0 aliphatic heterocycles. The van der Waals surface area contributed by atoms with Gasteiger partial charge in [-0.1, -0.05) is 23.7 Å². The van der Waals surface area contributed by atoms with Gasteiger partial charge >= 0.3 is 0 Å². The maximum atomic E-state index is 14.0. The molecule has 0 radical (unpaired) electrons. The first-order valence-electron chi connectivity index (χ1n) is 5.73. The molecule has 5 heteroatoms. The molecule has 0 unspecified atom stereocenters. The van der Waals surface area contributed by atoms with Crippen LogP contribution in [0, 0.1) is 17.5 Å². The van der Waals surface area contributed by atoms with E-state index in [1.165, 1.54) is 6.07 Å². The molecule has 0 saturated heterocycles. The van der Waals surface area contributed by atoms with E-state index in [-0.39, 0.29) is 5.82 Å². The van der Waals surface area contributed by atoms with Gasteiger partial charge in [0.1, 0.15) is 5.82 Å². The quantitative estimate of drug-likeness (QED) is 0.640. The smallest absolute Gasteiger partial charge is 0.182 e. The van der Waals surface area contributed by atoms with E-state index in [1.54, 1.807) is 22.8 Å². The SMILES string of the molecule is Cc1ccc(F)c(-n2c(=S)[nH]c3cccc(Cl)c32)c1. The first-order chi connectivity index (χ1) is 9.08. The molecule has 0 bridgehead atoms. The van der Waals surface area contributed by atoms with Crippen molar-refractivity contribution in [3.63, 3.8) is 0 Å². The van der Waals surface area contributed by atoms with Gasteiger partial charge in [-0.2, -0.15) is 0 Å². The summed E-state index contributed by atoms with van der Waals surface area (Å²) in [6.07, 6.45) is 0. The summed E-state index contributed by atoms with van der Waals surface area (Å²) in [5.74, 6) is -0.331. The minimum atomic E-state index is -0.331. The average molecular weight is 293 g/mol. The number of H-pyrrole nitrogens is 1. The van der Waals surface area contributed by atoms with Gasteiger partial charge < -0.3 is 4.98 Å². The number of aromatic nitrogens is 2. The highest BCUT2D eigenvalue weighted by Crippen LogP contribution is 2.27. The molecule has 0 aliphatic rings. The maximum absolute atomic E-state index is 14.0. The van der Waals surface area contributed by atoms with Crippen LogP contribution in [0.1, 0.15) is 5.56 Å². The van der Waals surface area contributed by atoms with Crippen LogP contribution in [0.2, 0.25) is 5.02 Å². The number of rotatable bonds is 1. The number of fused-ring (bicyclic) bond motifs is 1. The van der Waals surface area contributed by atoms with Crippen LogP contribution in [0.5, 0.6) is 0 Å². The molecule has 3 rings (SSSR count). The van der Waals surface area contributed by atoms with Crippen LogP contribution >= 0.6 is 23.8 Å². The zero-order valence-electron chi connectivity index (χ0n) is 10.1. The van der Waals surface area contributed by atoms with Crippen LogP contribution in [-0.2, 0) is 0 Å². The van der Waals surface area contributed by atoms with Crippen LogP contribution in [0.3, 0.4) is 0 Å². The molecule has 0 atom stereocenters. The minimum Gasteiger partial charge on any atom is -0.330 e. The Morgan fingerprint density at radius 2 is 2.05 bits per heavy atom. The summed E-state index contributed by atoms with van der Waals surface area (Å²) in [4.78, 5) is 3.04. The number of benzene rings is 2. The lowest BCUT2D eigenvalue weighted by Crippen LogP contribution is -1.98. The van der Waals surface area contributed by atoms with E-state index in [9.17, 15) is 4.39 Å². The molecular formula is C14H10ClFN2S. The zero-order chi connectivity index (χ0) is 13.6. The molecule has 0 aliphatic carbocycles. The fourth-order valence-electron chi connectivity index (χ4n) is 2.14. The Kier molecular flexibility index (Phi) is 2.92. The van der Waals surface area contributed by atoms with Gasteiger partial charge in [0.2, 0.25) is 0 Å². The zero-order valence-corrected chi connectivity index (χ0v) is 11.6. The van der Waals surface area contributed by atoms with Gasteiger partial charge in [-0.3, -0.25) is 4.57 Å². The highest BCUT2D eigenvalue weighted by Gasteiger charge is 2.13. The number of halogens is 2. The Hall–Kier alpha value is -1.65. The number of imidazole rings is 1. The lowest BCUT2D eigenvalue weighted by atomic mass is 10.2. The van der Waals surface area contributed by atoms with E-state index < -0.39 is 0 Å². The summed E-state index contributed by atoms with van der Waals surface area (Å²) in [7, 11) is 0. The lowest BCUT2D eigenvalue weighted by molar-refractivity contribution is 0.618. The van der Waals surface area contributed by atoms with Crippen LogP contribution in [-0.4, -0.2) is 9.55 Å². The van der Waals surface area contributed by atoms with Crippen LogP contribution in [0.4, 0.5) is 4.39 Å². The van der Waals surface area contributed by atoms with Crippen molar-refractivity contribution in [2.45, 2.75) is 6.92 Å². The topological polar surface area (TPSA) is 20.7 Å². The number of aromatic amines is 1. The van der Waals surface area contributed by atoms with Crippen molar-refractivity contribution in [2.24, 2.45) is 0 Å². The maximum Gasteiger partial charge on any atom is 0.182 e. The molecule has 3 aromatic rings. The highest BCUT2D eigenvalue weighted by molar-refractivity contribution is 7.71. The van der Waals surface area contributed by atoms with Gasteiger partial charge in [0.15, 0.2) is 4.77 Å². The Morgan fingerprint density at radius 3 is 2.84 bits per heavy atom. The number of para-hydroxylation sites is 1. The third kappa shape index (κ3) is 1.97. The second-order valence-electron chi connectivity index (χ2n) is 4.36. The largest absolute Gasteiger partial charge is 0.330 e. The van der Waals surface area contributed by atoms with Gasteiger partial charge in [-0.15, -0.1) is 0 Å². The molecule has 19 heavy (non-hydrogen) atoms. The highest BCUT2D eigenvalue weighted by atomic mass is 35.5. The van der Waals surface area contributed by atoms with E-state index in [2.05, 4.69) is 4.98 Å². The second kappa shape index (κ2) is 4.47. The van der Waals surface area contributed by atoms with E-state index in [1.807, 2.05) is 19.1 Å². The van der Waals surface area contributed by atoms with E-state index in [0.29, 0.717) is 21.0 Å². The molecule has 0 saturated carbocycles. The fourth-order valence-corrected chi connectivity index (χ4v) is 2.70. The molecule has 2 nitrogen and oxygen atoms in total. The summed E-state index contributed by atoms with van der Waals surface area (Å²) in [6.45, 7) is 1.91. The number of nitrogens with zero attached hydrogens (tertiary/aromatic N) is 1. The standard InChI is InChI=1S/C14H10ClFN2S/c1-8-5-6-10(16)12(7-8)18-13-9(15)3-2-4-11(13)17-14(18)19/h2-7H,1H3,(H,17,19). The predicted molar refractivity (Wildman–Crippen MR) is 78.2 cm³/mol. The minimum absolute atomic E-state index is 0.331. The van der Waals surface area contributed by atoms with Crippen molar-refractivity contribution < 1.29 is 4.39 Å². The van der Waals surface area contributed by atoms with Gasteiger partial charge in [0.25, 0.3) is 0 Å². The summed E-state index contributed by atoms with van der Waals surface area (Å²) in [5, 5.41) is 0.533. The number of hydrogen-bond donors (Lipinski definition) is 1. The van der Waals surface area contributed by atoms with Gasteiger partial charge in [0.05, 0.1) is 21.7 Å². The summed E-state index contributed by atoms with van der Waals surface area (Å²) in [6, 6.07) is 10.4. The Balaban J connectivity index is 2.46. The lowest BCUT2D eigenvalue weighted by Gasteiger charge is -2.08. The summed E-state index contributed by atoms with van der Waals surface area (Å²) < 4.78 is 16.1. The molecule has 0 amide bonds. The third-order valence-corrected chi connectivity index (χ3v) is 3.59. The average Bonchev–Trinajstić information content (AvgIpc) is 2.70. The van der Waals surface area contributed by atoms with Crippen molar-refractivity contribution in [3.8, 4) is 5.69 Å². The Labute approximate surface area is 119 Å². The Morgan fingerprint density at radius 1 is 1.26 bits per heavy atom. The van der Waals surface area contributed by atoms with Crippen molar-refractivity contribution >= 4 is 34.9 Å². The molecule has 1 N–H and O–H groups in total. The molecule has 0 fully saturated rings. The molecule has 96 valence electrons.